The summed E-state index contributed by atoms with van der Waals surface area (Å²) in [5.74, 6) is 0. The highest BCUT2D eigenvalue weighted by Gasteiger charge is 2.38. The van der Waals surface area contributed by atoms with Gasteiger partial charge in [0.2, 0.25) is 0 Å². The molecule has 0 aliphatic carbocycles. The molecule has 1 N–H and O–H groups in total. The lowest BCUT2D eigenvalue weighted by molar-refractivity contribution is 0.263. The Hall–Kier alpha value is 0.150. The van der Waals surface area contributed by atoms with Crippen molar-refractivity contribution in [2.45, 2.75) is 32.3 Å². The molecule has 0 bridgehead atoms. The molecule has 0 spiro atoms. The largest absolute Gasteiger partial charge is 0.317 e. The van der Waals surface area contributed by atoms with Gasteiger partial charge in [0, 0.05) is 6.54 Å². The van der Waals surface area contributed by atoms with Crippen LogP contribution in [0.3, 0.4) is 0 Å². The Morgan fingerprint density at radius 1 is 1.45 bits per heavy atom. The number of hydrogen-bond acceptors (Lipinski definition) is 2. The zero-order valence-electron chi connectivity index (χ0n) is 7.39. The van der Waals surface area contributed by atoms with E-state index in [0.717, 1.165) is 13.0 Å². The lowest BCUT2D eigenvalue weighted by Gasteiger charge is -2.33. The molecular formula is C7H16NO2P. The minimum absolute atomic E-state index is 0.270. The van der Waals surface area contributed by atoms with Crippen molar-refractivity contribution in [1.82, 2.24) is 5.09 Å². The first-order valence-corrected chi connectivity index (χ1v) is 5.58. The average Bonchev–Trinajstić information content (AvgIpc) is 1.87. The van der Waals surface area contributed by atoms with Crippen LogP contribution in [-0.4, -0.2) is 18.3 Å². The normalized spacial score (nSPS) is 33.7. The van der Waals surface area contributed by atoms with Crippen molar-refractivity contribution in [3.63, 3.8) is 0 Å². The molecular weight excluding hydrogens is 161 g/mol. The van der Waals surface area contributed by atoms with E-state index in [1.165, 1.54) is 0 Å². The predicted octanol–water partition coefficient (Wildman–Crippen LogP) is 1.99. The van der Waals surface area contributed by atoms with Crippen molar-refractivity contribution >= 4 is 7.52 Å². The number of nitrogens with one attached hydrogen (secondary N) is 1. The molecule has 1 rings (SSSR count). The first-order valence-electron chi connectivity index (χ1n) is 3.95. The number of hydrogen-bond donors (Lipinski definition) is 1. The summed E-state index contributed by atoms with van der Waals surface area (Å²) in [6.07, 6.45) is 0.958. The summed E-state index contributed by atoms with van der Waals surface area (Å²) in [5, 5.41) is 2.70. The molecule has 1 saturated heterocycles. The summed E-state index contributed by atoms with van der Waals surface area (Å²) >= 11 is 0. The van der Waals surface area contributed by atoms with Crippen molar-refractivity contribution in [3.05, 3.63) is 0 Å². The van der Waals surface area contributed by atoms with Gasteiger partial charge in [0.15, 0.2) is 0 Å². The van der Waals surface area contributed by atoms with Crippen molar-refractivity contribution in [3.8, 4) is 0 Å². The van der Waals surface area contributed by atoms with Gasteiger partial charge in [-0.25, -0.2) is 5.09 Å². The average molecular weight is 177 g/mol. The maximum Gasteiger partial charge on any atom is 0.274 e. The topological polar surface area (TPSA) is 38.3 Å². The van der Waals surface area contributed by atoms with Gasteiger partial charge < -0.3 is 4.52 Å². The molecule has 1 unspecified atom stereocenters. The standard InChI is InChI=1S/C7H16NO2P/c1-7(2,3)11(9)8-5-4-6-10-11/h4-6H2,1-3H3,(H,8,9). The van der Waals surface area contributed by atoms with E-state index < -0.39 is 7.52 Å². The fourth-order valence-corrected chi connectivity index (χ4v) is 2.76. The molecule has 1 heterocycles. The van der Waals surface area contributed by atoms with Crippen LogP contribution >= 0.6 is 7.52 Å². The van der Waals surface area contributed by atoms with Crippen LogP contribution in [0, 0.1) is 0 Å². The van der Waals surface area contributed by atoms with Crippen LogP contribution in [0.15, 0.2) is 0 Å². The van der Waals surface area contributed by atoms with E-state index >= 15 is 0 Å². The first-order chi connectivity index (χ1) is 4.96. The Balaban J connectivity index is 2.73. The highest BCUT2D eigenvalue weighted by molar-refractivity contribution is 7.58. The highest BCUT2D eigenvalue weighted by Crippen LogP contribution is 2.56. The fraction of sp³-hybridized carbons (Fsp3) is 1.00. The van der Waals surface area contributed by atoms with Crippen molar-refractivity contribution < 1.29 is 9.09 Å². The number of rotatable bonds is 0. The van der Waals surface area contributed by atoms with Gasteiger partial charge in [0.25, 0.3) is 7.52 Å². The third-order valence-corrected chi connectivity index (χ3v) is 4.75. The van der Waals surface area contributed by atoms with Gasteiger partial charge in [-0.3, -0.25) is 4.57 Å². The summed E-state index contributed by atoms with van der Waals surface area (Å²) in [6.45, 7) is 7.25. The van der Waals surface area contributed by atoms with E-state index in [4.69, 9.17) is 4.52 Å². The van der Waals surface area contributed by atoms with Crippen LogP contribution in [-0.2, 0) is 9.09 Å². The van der Waals surface area contributed by atoms with Crippen LogP contribution in [0.2, 0.25) is 0 Å². The van der Waals surface area contributed by atoms with Gasteiger partial charge in [0.1, 0.15) is 0 Å². The minimum Gasteiger partial charge on any atom is -0.317 e. The lowest BCUT2D eigenvalue weighted by atomic mass is 10.3. The second-order valence-corrected chi connectivity index (χ2v) is 6.84. The Labute approximate surface area is 68.0 Å². The molecule has 1 fully saturated rings. The molecule has 0 saturated carbocycles. The quantitative estimate of drug-likeness (QED) is 0.575. The van der Waals surface area contributed by atoms with Crippen LogP contribution in [0.4, 0.5) is 0 Å². The van der Waals surface area contributed by atoms with Crippen molar-refractivity contribution in [2.24, 2.45) is 0 Å². The van der Waals surface area contributed by atoms with Crippen molar-refractivity contribution in [2.75, 3.05) is 13.2 Å². The molecule has 4 heteroatoms. The molecule has 0 amide bonds. The zero-order valence-corrected chi connectivity index (χ0v) is 8.28. The minimum atomic E-state index is -2.55. The highest BCUT2D eigenvalue weighted by atomic mass is 31.2. The Morgan fingerprint density at radius 3 is 2.36 bits per heavy atom. The van der Waals surface area contributed by atoms with Gasteiger partial charge in [0.05, 0.1) is 11.8 Å². The monoisotopic (exact) mass is 177 g/mol. The van der Waals surface area contributed by atoms with E-state index in [0.29, 0.717) is 6.61 Å². The second-order valence-electron chi connectivity index (χ2n) is 3.82. The van der Waals surface area contributed by atoms with Gasteiger partial charge in [-0.05, 0) is 27.2 Å². The smallest absolute Gasteiger partial charge is 0.274 e. The maximum atomic E-state index is 11.9. The summed E-state index contributed by atoms with van der Waals surface area (Å²) < 4.78 is 17.2. The zero-order chi connectivity index (χ0) is 8.54. The van der Waals surface area contributed by atoms with E-state index in [2.05, 4.69) is 5.09 Å². The molecule has 11 heavy (non-hydrogen) atoms. The fourth-order valence-electron chi connectivity index (χ4n) is 0.968. The van der Waals surface area contributed by atoms with Gasteiger partial charge in [-0.1, -0.05) is 0 Å². The molecule has 1 aliphatic rings. The molecule has 3 nitrogen and oxygen atoms in total. The summed E-state index contributed by atoms with van der Waals surface area (Å²) in [7, 11) is -2.55. The summed E-state index contributed by atoms with van der Waals surface area (Å²) in [6, 6.07) is 0. The molecule has 0 aromatic carbocycles. The molecule has 0 radical (unpaired) electrons. The predicted molar refractivity (Wildman–Crippen MR) is 45.9 cm³/mol. The lowest BCUT2D eigenvalue weighted by Crippen LogP contribution is -2.32. The molecule has 1 aliphatic heterocycles. The second kappa shape index (κ2) is 2.89. The van der Waals surface area contributed by atoms with Crippen LogP contribution in [0.1, 0.15) is 27.2 Å². The van der Waals surface area contributed by atoms with Crippen LogP contribution in [0.5, 0.6) is 0 Å². The molecule has 1 atom stereocenters. The van der Waals surface area contributed by atoms with E-state index in [1.54, 1.807) is 0 Å². The third-order valence-electron chi connectivity index (χ3n) is 1.80. The summed E-state index contributed by atoms with van der Waals surface area (Å²) in [4.78, 5) is 0. The molecule has 0 aromatic heterocycles. The van der Waals surface area contributed by atoms with Crippen molar-refractivity contribution in [1.29, 1.82) is 0 Å². The molecule has 66 valence electrons. The van der Waals surface area contributed by atoms with E-state index in [9.17, 15) is 4.57 Å². The van der Waals surface area contributed by atoms with Gasteiger partial charge in [-0.15, -0.1) is 0 Å². The molecule has 0 aromatic rings. The van der Waals surface area contributed by atoms with E-state index in [-0.39, 0.29) is 5.16 Å². The Morgan fingerprint density at radius 2 is 2.09 bits per heavy atom. The van der Waals surface area contributed by atoms with E-state index in [1.807, 2.05) is 20.8 Å². The SMILES string of the molecule is CC(C)(C)P1(=O)NCCCO1. The Bertz CT molecular complexity index is 175. The Kier molecular flexibility index (Phi) is 2.43. The first kappa shape index (κ1) is 9.24. The van der Waals surface area contributed by atoms with Gasteiger partial charge in [-0.2, -0.15) is 0 Å². The van der Waals surface area contributed by atoms with Crippen LogP contribution < -0.4 is 5.09 Å². The van der Waals surface area contributed by atoms with Crippen LogP contribution in [0.25, 0.3) is 0 Å². The third kappa shape index (κ3) is 1.84. The maximum absolute atomic E-state index is 11.9. The van der Waals surface area contributed by atoms with Gasteiger partial charge >= 0.3 is 0 Å². The summed E-state index contributed by atoms with van der Waals surface area (Å²) in [5.41, 5.74) is 0.